The molecule has 0 radical (unpaired) electrons. The van der Waals surface area contributed by atoms with Crippen molar-refractivity contribution in [1.82, 2.24) is 15.1 Å². The molecule has 1 amide bonds. The van der Waals surface area contributed by atoms with Gasteiger partial charge in [0, 0.05) is 51.2 Å². The Labute approximate surface area is 173 Å². The van der Waals surface area contributed by atoms with Gasteiger partial charge in [0.1, 0.15) is 5.82 Å². The highest BCUT2D eigenvalue weighted by Crippen LogP contribution is 2.13. The third-order valence-corrected chi connectivity index (χ3v) is 5.57. The molecule has 2 atom stereocenters. The van der Waals surface area contributed by atoms with E-state index >= 15 is 0 Å². The van der Waals surface area contributed by atoms with Crippen LogP contribution in [-0.4, -0.2) is 54.5 Å². The Balaban J connectivity index is 1.38. The first-order valence-electron chi connectivity index (χ1n) is 10.5. The third kappa shape index (κ3) is 6.65. The van der Waals surface area contributed by atoms with Crippen LogP contribution in [0, 0.1) is 11.7 Å². The normalized spacial score (nSPS) is 17.6. The van der Waals surface area contributed by atoms with Gasteiger partial charge in [0.2, 0.25) is 5.91 Å². The van der Waals surface area contributed by atoms with Crippen molar-refractivity contribution in [3.05, 3.63) is 71.5 Å². The number of rotatable bonds is 8. The Morgan fingerprint density at radius 3 is 2.28 bits per heavy atom. The second-order valence-electron chi connectivity index (χ2n) is 8.17. The van der Waals surface area contributed by atoms with Crippen molar-refractivity contribution in [2.45, 2.75) is 32.9 Å². The average molecular weight is 398 g/mol. The molecule has 1 N–H and O–H groups in total. The van der Waals surface area contributed by atoms with Crippen molar-refractivity contribution in [2.24, 2.45) is 5.92 Å². The molecule has 0 aliphatic carbocycles. The number of carbonyl (C=O) groups is 1. The molecule has 1 saturated heterocycles. The maximum atomic E-state index is 13.8. The second kappa shape index (κ2) is 10.5. The monoisotopic (exact) mass is 397 g/mol. The highest BCUT2D eigenvalue weighted by molar-refractivity contribution is 5.78. The van der Waals surface area contributed by atoms with Gasteiger partial charge in [-0.15, -0.1) is 0 Å². The van der Waals surface area contributed by atoms with Gasteiger partial charge in [-0.1, -0.05) is 55.5 Å². The molecule has 1 fully saturated rings. The molecule has 5 heteroatoms. The van der Waals surface area contributed by atoms with Crippen LogP contribution in [0.4, 0.5) is 4.39 Å². The predicted molar refractivity (Wildman–Crippen MR) is 115 cm³/mol. The molecule has 156 valence electrons. The van der Waals surface area contributed by atoms with Crippen molar-refractivity contribution < 1.29 is 9.18 Å². The van der Waals surface area contributed by atoms with Crippen LogP contribution in [0.15, 0.2) is 54.6 Å². The summed E-state index contributed by atoms with van der Waals surface area (Å²) in [6.45, 7) is 9.85. The summed E-state index contributed by atoms with van der Waals surface area (Å²) >= 11 is 0. The molecule has 0 saturated carbocycles. The fourth-order valence-electron chi connectivity index (χ4n) is 3.88. The van der Waals surface area contributed by atoms with Crippen molar-refractivity contribution in [3.63, 3.8) is 0 Å². The molecule has 0 spiro atoms. The Morgan fingerprint density at radius 1 is 0.966 bits per heavy atom. The Bertz CT molecular complexity index is 775. The van der Waals surface area contributed by atoms with Crippen LogP contribution in [-0.2, 0) is 17.8 Å². The Hall–Kier alpha value is -2.24. The van der Waals surface area contributed by atoms with Gasteiger partial charge >= 0.3 is 0 Å². The summed E-state index contributed by atoms with van der Waals surface area (Å²) in [5, 5.41) is 3.10. The van der Waals surface area contributed by atoms with E-state index in [1.165, 1.54) is 11.6 Å². The van der Waals surface area contributed by atoms with Crippen LogP contribution in [0.1, 0.15) is 25.0 Å². The number of piperazine rings is 1. The lowest BCUT2D eigenvalue weighted by atomic mass is 9.99. The second-order valence-corrected chi connectivity index (χ2v) is 8.17. The van der Waals surface area contributed by atoms with E-state index in [2.05, 4.69) is 39.4 Å². The highest BCUT2D eigenvalue weighted by atomic mass is 19.1. The maximum Gasteiger partial charge on any atom is 0.223 e. The Morgan fingerprint density at radius 2 is 1.59 bits per heavy atom. The Kier molecular flexibility index (Phi) is 7.78. The van der Waals surface area contributed by atoms with Crippen molar-refractivity contribution in [2.75, 3.05) is 32.7 Å². The quantitative estimate of drug-likeness (QED) is 0.742. The summed E-state index contributed by atoms with van der Waals surface area (Å²) in [4.78, 5) is 17.4. The molecule has 3 rings (SSSR count). The lowest BCUT2D eigenvalue weighted by molar-refractivity contribution is -0.125. The molecule has 1 aliphatic rings. The van der Waals surface area contributed by atoms with Gasteiger partial charge in [-0.25, -0.2) is 4.39 Å². The first-order chi connectivity index (χ1) is 14.0. The maximum absolute atomic E-state index is 13.8. The largest absolute Gasteiger partial charge is 0.352 e. The van der Waals surface area contributed by atoms with E-state index < -0.39 is 0 Å². The van der Waals surface area contributed by atoms with Crippen LogP contribution in [0.2, 0.25) is 0 Å². The number of nitrogens with one attached hydrogen (secondary N) is 1. The summed E-state index contributed by atoms with van der Waals surface area (Å²) in [5.74, 6) is -0.505. The summed E-state index contributed by atoms with van der Waals surface area (Å²) in [7, 11) is 0. The molecular weight excluding hydrogens is 365 g/mol. The topological polar surface area (TPSA) is 35.6 Å². The van der Waals surface area contributed by atoms with Gasteiger partial charge < -0.3 is 5.32 Å². The minimum Gasteiger partial charge on any atom is -0.352 e. The van der Waals surface area contributed by atoms with Crippen LogP contribution < -0.4 is 5.32 Å². The van der Waals surface area contributed by atoms with Crippen LogP contribution in [0.25, 0.3) is 0 Å². The van der Waals surface area contributed by atoms with Gasteiger partial charge in [-0.2, -0.15) is 0 Å². The van der Waals surface area contributed by atoms with Crippen LogP contribution in [0.5, 0.6) is 0 Å². The fourth-order valence-corrected chi connectivity index (χ4v) is 3.88. The van der Waals surface area contributed by atoms with Gasteiger partial charge in [-0.3, -0.25) is 14.6 Å². The van der Waals surface area contributed by atoms with E-state index in [1.807, 2.05) is 26.0 Å². The smallest absolute Gasteiger partial charge is 0.223 e. The van der Waals surface area contributed by atoms with E-state index in [0.717, 1.165) is 39.3 Å². The van der Waals surface area contributed by atoms with E-state index in [4.69, 9.17) is 0 Å². The van der Waals surface area contributed by atoms with E-state index in [9.17, 15) is 9.18 Å². The number of amides is 1. The number of halogens is 1. The zero-order valence-corrected chi connectivity index (χ0v) is 17.5. The standard InChI is InChI=1S/C24H32FN3O/c1-19(16-22-10-6-7-11-23(22)25)24(29)26-20(2)17-27-12-14-28(15-13-27)18-21-8-4-3-5-9-21/h3-11,19-20H,12-18H2,1-2H3,(H,26,29)/t19?,20-/m0/s1. The van der Waals surface area contributed by atoms with Gasteiger partial charge in [-0.05, 0) is 30.5 Å². The molecule has 2 aromatic carbocycles. The van der Waals surface area contributed by atoms with Crippen LogP contribution in [0.3, 0.4) is 0 Å². The third-order valence-electron chi connectivity index (χ3n) is 5.57. The summed E-state index contributed by atoms with van der Waals surface area (Å²) in [6.07, 6.45) is 0.420. The van der Waals surface area contributed by atoms with E-state index in [-0.39, 0.29) is 23.7 Å². The van der Waals surface area contributed by atoms with Gasteiger partial charge in [0.05, 0.1) is 0 Å². The van der Waals surface area contributed by atoms with Crippen LogP contribution >= 0.6 is 0 Å². The first kappa shape index (κ1) is 21.5. The zero-order valence-electron chi connectivity index (χ0n) is 17.5. The van der Waals surface area contributed by atoms with Gasteiger partial charge in [0.25, 0.3) is 0 Å². The van der Waals surface area contributed by atoms with Gasteiger partial charge in [0.15, 0.2) is 0 Å². The SMILES string of the molecule is CC(Cc1ccccc1F)C(=O)N[C@@H](C)CN1CCN(Cc2ccccc2)CC1. The van der Waals surface area contributed by atoms with Crippen molar-refractivity contribution in [3.8, 4) is 0 Å². The number of benzene rings is 2. The summed E-state index contributed by atoms with van der Waals surface area (Å²) in [5.41, 5.74) is 1.95. The number of hydrogen-bond acceptors (Lipinski definition) is 3. The number of nitrogens with zero attached hydrogens (tertiary/aromatic N) is 2. The highest BCUT2D eigenvalue weighted by Gasteiger charge is 2.21. The lowest BCUT2D eigenvalue weighted by Gasteiger charge is -2.36. The molecule has 4 nitrogen and oxygen atoms in total. The summed E-state index contributed by atoms with van der Waals surface area (Å²) < 4.78 is 13.8. The molecule has 29 heavy (non-hydrogen) atoms. The first-order valence-corrected chi connectivity index (χ1v) is 10.5. The average Bonchev–Trinajstić information content (AvgIpc) is 2.72. The minimum absolute atomic E-state index is 0.0107. The predicted octanol–water partition coefficient (Wildman–Crippen LogP) is 3.33. The van der Waals surface area contributed by atoms with Crippen molar-refractivity contribution >= 4 is 5.91 Å². The molecule has 0 aromatic heterocycles. The summed E-state index contributed by atoms with van der Waals surface area (Å²) in [6, 6.07) is 17.3. The molecule has 2 aromatic rings. The van der Waals surface area contributed by atoms with E-state index in [0.29, 0.717) is 12.0 Å². The zero-order chi connectivity index (χ0) is 20.6. The number of hydrogen-bond donors (Lipinski definition) is 1. The van der Waals surface area contributed by atoms with E-state index in [1.54, 1.807) is 12.1 Å². The molecule has 1 unspecified atom stereocenters. The fraction of sp³-hybridized carbons (Fsp3) is 0.458. The molecule has 0 bridgehead atoms. The molecular formula is C24H32FN3O. The molecule has 1 aliphatic heterocycles. The minimum atomic E-state index is -0.253. The lowest BCUT2D eigenvalue weighted by Crippen LogP contribution is -2.51. The number of carbonyl (C=O) groups excluding carboxylic acids is 1. The molecule has 1 heterocycles. The van der Waals surface area contributed by atoms with Crippen molar-refractivity contribution in [1.29, 1.82) is 0 Å².